The van der Waals surface area contributed by atoms with E-state index >= 15 is 0 Å². The van der Waals surface area contributed by atoms with E-state index in [2.05, 4.69) is 11.2 Å². The van der Waals surface area contributed by atoms with Crippen molar-refractivity contribution in [2.45, 2.75) is 6.92 Å². The fraction of sp³-hybridized carbons (Fsp3) is 0.200. The Balaban J connectivity index is 3.17. The average molecular weight is 216 g/mol. The molecule has 74 valence electrons. The summed E-state index contributed by atoms with van der Waals surface area (Å²) in [6.45, 7) is 1.53. The van der Waals surface area contributed by atoms with Gasteiger partial charge in [-0.05, 0) is 13.0 Å². The summed E-state index contributed by atoms with van der Waals surface area (Å²) in [6.07, 6.45) is 4.96. The summed E-state index contributed by atoms with van der Waals surface area (Å²) in [4.78, 5) is 0. The van der Waals surface area contributed by atoms with Crippen LogP contribution in [0.25, 0.3) is 0 Å². The first-order valence-corrected chi connectivity index (χ1v) is 4.27. The number of terminal acetylenes is 1. The normalized spacial score (nSPS) is 9.64. The maximum Gasteiger partial charge on any atom is 0.153 e. The van der Waals surface area contributed by atoms with Crippen molar-refractivity contribution in [2.75, 3.05) is 11.9 Å². The van der Waals surface area contributed by atoms with Crippen molar-refractivity contribution in [1.29, 1.82) is 0 Å². The van der Waals surface area contributed by atoms with E-state index in [1.165, 1.54) is 6.92 Å². The Kier molecular flexibility index (Phi) is 3.32. The molecule has 0 bridgehead atoms. The van der Waals surface area contributed by atoms with E-state index < -0.39 is 11.6 Å². The largest absolute Gasteiger partial charge is 0.369 e. The van der Waals surface area contributed by atoms with Gasteiger partial charge in [0.15, 0.2) is 11.6 Å². The molecule has 0 fully saturated rings. The molecule has 1 N–H and O–H groups in total. The molecule has 0 amide bonds. The van der Waals surface area contributed by atoms with Crippen molar-refractivity contribution >= 4 is 17.3 Å². The van der Waals surface area contributed by atoms with E-state index in [0.717, 1.165) is 6.07 Å². The lowest BCUT2D eigenvalue weighted by Crippen LogP contribution is -2.05. The molecule has 1 rings (SSSR count). The van der Waals surface area contributed by atoms with E-state index in [4.69, 9.17) is 18.0 Å². The first kappa shape index (κ1) is 10.8. The monoisotopic (exact) mass is 215 g/mol. The third kappa shape index (κ3) is 1.97. The summed E-state index contributed by atoms with van der Waals surface area (Å²) in [6, 6.07) is 1.05. The van der Waals surface area contributed by atoms with Crippen LogP contribution in [-0.2, 0) is 0 Å². The zero-order valence-corrected chi connectivity index (χ0v) is 8.25. The number of benzene rings is 1. The molecule has 0 spiro atoms. The average Bonchev–Trinajstić information content (AvgIpc) is 2.14. The number of anilines is 1. The van der Waals surface area contributed by atoms with Crippen LogP contribution in [0.15, 0.2) is 6.07 Å². The van der Waals surface area contributed by atoms with Gasteiger partial charge in [0.1, 0.15) is 5.69 Å². The molecule has 0 saturated carbocycles. The van der Waals surface area contributed by atoms with Crippen molar-refractivity contribution < 1.29 is 8.78 Å². The second-order valence-electron chi connectivity index (χ2n) is 2.71. The third-order valence-corrected chi connectivity index (χ3v) is 2.16. The van der Waals surface area contributed by atoms with Gasteiger partial charge in [0.2, 0.25) is 0 Å². The van der Waals surface area contributed by atoms with Crippen LogP contribution in [0.2, 0.25) is 5.02 Å². The summed E-state index contributed by atoms with van der Waals surface area (Å²) >= 11 is 5.58. The van der Waals surface area contributed by atoms with Gasteiger partial charge in [0.25, 0.3) is 0 Å². The molecular formula is C10H8ClF2N. The second-order valence-corrected chi connectivity index (χ2v) is 3.12. The van der Waals surface area contributed by atoms with Crippen molar-refractivity contribution in [3.63, 3.8) is 0 Å². The van der Waals surface area contributed by atoms with Crippen LogP contribution in [0, 0.1) is 30.9 Å². The fourth-order valence-corrected chi connectivity index (χ4v) is 1.17. The lowest BCUT2D eigenvalue weighted by Gasteiger charge is -2.09. The van der Waals surface area contributed by atoms with E-state index in [1.807, 2.05) is 0 Å². The second kappa shape index (κ2) is 4.30. The molecule has 0 aliphatic rings. The molecule has 0 radical (unpaired) electrons. The molecule has 0 aromatic heterocycles. The molecule has 1 aromatic carbocycles. The van der Waals surface area contributed by atoms with Crippen LogP contribution in [0.4, 0.5) is 14.5 Å². The van der Waals surface area contributed by atoms with Gasteiger partial charge in [-0.3, -0.25) is 0 Å². The summed E-state index contributed by atoms with van der Waals surface area (Å²) in [5.41, 5.74) is -0.0301. The Bertz CT molecular complexity index is 396. The minimum Gasteiger partial charge on any atom is -0.369 e. The lowest BCUT2D eigenvalue weighted by molar-refractivity contribution is 0.583. The highest BCUT2D eigenvalue weighted by molar-refractivity contribution is 6.31. The van der Waals surface area contributed by atoms with Crippen molar-refractivity contribution in [1.82, 2.24) is 0 Å². The van der Waals surface area contributed by atoms with Crippen LogP contribution >= 0.6 is 11.6 Å². The van der Waals surface area contributed by atoms with E-state index in [-0.39, 0.29) is 22.8 Å². The molecule has 14 heavy (non-hydrogen) atoms. The summed E-state index contributed by atoms with van der Waals surface area (Å²) < 4.78 is 26.6. The lowest BCUT2D eigenvalue weighted by atomic mass is 10.2. The van der Waals surface area contributed by atoms with Gasteiger partial charge in [-0.1, -0.05) is 17.5 Å². The Morgan fingerprint density at radius 3 is 2.79 bits per heavy atom. The highest BCUT2D eigenvalue weighted by Crippen LogP contribution is 2.27. The molecule has 0 atom stereocenters. The van der Waals surface area contributed by atoms with Crippen molar-refractivity contribution in [2.24, 2.45) is 0 Å². The molecule has 4 heteroatoms. The predicted molar refractivity (Wildman–Crippen MR) is 53.4 cm³/mol. The van der Waals surface area contributed by atoms with Gasteiger partial charge in [-0.25, -0.2) is 8.78 Å². The van der Waals surface area contributed by atoms with Crippen LogP contribution in [-0.4, -0.2) is 6.54 Å². The van der Waals surface area contributed by atoms with Gasteiger partial charge in [0.05, 0.1) is 6.54 Å². The molecule has 1 nitrogen and oxygen atoms in total. The van der Waals surface area contributed by atoms with Gasteiger partial charge < -0.3 is 5.32 Å². The summed E-state index contributed by atoms with van der Waals surface area (Å²) in [5.74, 6) is 0.782. The van der Waals surface area contributed by atoms with Gasteiger partial charge in [-0.2, -0.15) is 0 Å². The number of hydrogen-bond donors (Lipinski definition) is 1. The third-order valence-electron chi connectivity index (χ3n) is 1.77. The Hall–Kier alpha value is -1.27. The minimum atomic E-state index is -0.742. The van der Waals surface area contributed by atoms with Crippen LogP contribution in [0.3, 0.4) is 0 Å². The number of rotatable bonds is 2. The summed E-state index contributed by atoms with van der Waals surface area (Å²) in [5, 5.41) is 2.52. The van der Waals surface area contributed by atoms with Gasteiger partial charge >= 0.3 is 0 Å². The van der Waals surface area contributed by atoms with Gasteiger partial charge in [0, 0.05) is 10.6 Å². The standard InChI is InChI=1S/C10H8ClF2N/c1-3-4-14-10-8(12)5-7(11)6(2)9(10)13/h1,5,14H,4H2,2H3. The number of hydrogen-bond acceptors (Lipinski definition) is 1. The molecule has 1 aromatic rings. The van der Waals surface area contributed by atoms with Gasteiger partial charge in [-0.15, -0.1) is 6.42 Å². The highest BCUT2D eigenvalue weighted by atomic mass is 35.5. The Morgan fingerprint density at radius 1 is 1.57 bits per heavy atom. The Morgan fingerprint density at radius 2 is 2.21 bits per heavy atom. The highest BCUT2D eigenvalue weighted by Gasteiger charge is 2.13. The zero-order chi connectivity index (χ0) is 10.7. The van der Waals surface area contributed by atoms with E-state index in [1.54, 1.807) is 0 Å². The smallest absolute Gasteiger partial charge is 0.153 e. The quantitative estimate of drug-likeness (QED) is 0.748. The van der Waals surface area contributed by atoms with Crippen LogP contribution in [0.1, 0.15) is 5.56 Å². The topological polar surface area (TPSA) is 12.0 Å². The number of halogens is 3. The molecule has 0 aliphatic carbocycles. The predicted octanol–water partition coefficient (Wildman–Crippen LogP) is 2.97. The first-order chi connectivity index (χ1) is 6.57. The SMILES string of the molecule is C#CCNc1c(F)cc(Cl)c(C)c1F. The minimum absolute atomic E-state index is 0.0613. The van der Waals surface area contributed by atoms with Crippen LogP contribution < -0.4 is 5.32 Å². The molecule has 0 aliphatic heterocycles. The molecule has 0 heterocycles. The maximum absolute atomic E-state index is 13.4. The zero-order valence-electron chi connectivity index (χ0n) is 7.50. The van der Waals surface area contributed by atoms with Crippen LogP contribution in [0.5, 0.6) is 0 Å². The molecule has 0 saturated heterocycles. The maximum atomic E-state index is 13.4. The number of nitrogens with one attached hydrogen (secondary N) is 1. The van der Waals surface area contributed by atoms with Crippen molar-refractivity contribution in [3.05, 3.63) is 28.3 Å². The molecular weight excluding hydrogens is 208 g/mol. The van der Waals surface area contributed by atoms with Crippen molar-refractivity contribution in [3.8, 4) is 12.3 Å². The molecule has 0 unspecified atom stereocenters. The van der Waals surface area contributed by atoms with E-state index in [9.17, 15) is 8.78 Å². The summed E-state index contributed by atoms with van der Waals surface area (Å²) in [7, 11) is 0. The first-order valence-electron chi connectivity index (χ1n) is 3.89. The Labute approximate surface area is 86.1 Å². The fourth-order valence-electron chi connectivity index (χ4n) is 0.990. The van der Waals surface area contributed by atoms with E-state index in [0.29, 0.717) is 0 Å².